The molecule has 142 valence electrons. The zero-order valence-electron chi connectivity index (χ0n) is 15.6. The fourth-order valence-electron chi connectivity index (χ4n) is 2.87. The molecule has 27 heavy (non-hydrogen) atoms. The maximum absolute atomic E-state index is 14.0. The van der Waals surface area contributed by atoms with Gasteiger partial charge < -0.3 is 5.32 Å². The van der Waals surface area contributed by atoms with Crippen molar-refractivity contribution in [2.24, 2.45) is 5.92 Å². The van der Waals surface area contributed by atoms with Crippen molar-refractivity contribution in [3.05, 3.63) is 71.0 Å². The highest BCUT2D eigenvalue weighted by atomic mass is 19.1. The summed E-state index contributed by atoms with van der Waals surface area (Å²) >= 11 is 0. The molecule has 0 aromatic heterocycles. The highest BCUT2D eigenvalue weighted by Crippen LogP contribution is 2.17. The number of amides is 1. The van der Waals surface area contributed by atoms with Gasteiger partial charge in [0, 0.05) is 18.8 Å². The minimum atomic E-state index is -0.604. The lowest BCUT2D eigenvalue weighted by atomic mass is 9.91. The van der Waals surface area contributed by atoms with Gasteiger partial charge in [-0.3, -0.25) is 14.4 Å². The first kappa shape index (κ1) is 20.5. The largest absolute Gasteiger partial charge is 0.349 e. The van der Waals surface area contributed by atoms with Crippen LogP contribution in [0, 0.1) is 18.7 Å². The zero-order valence-corrected chi connectivity index (χ0v) is 15.6. The summed E-state index contributed by atoms with van der Waals surface area (Å²) in [5.41, 5.74) is 2.04. The van der Waals surface area contributed by atoms with Crippen LogP contribution in [-0.4, -0.2) is 24.0 Å². The number of rotatable bonds is 9. The van der Waals surface area contributed by atoms with Gasteiger partial charge in [-0.25, -0.2) is 4.39 Å². The van der Waals surface area contributed by atoms with Gasteiger partial charge in [0.2, 0.25) is 5.91 Å². The molecule has 0 heterocycles. The highest BCUT2D eigenvalue weighted by Gasteiger charge is 2.23. The third kappa shape index (κ3) is 6.77. The van der Waals surface area contributed by atoms with Gasteiger partial charge in [0.05, 0.1) is 6.54 Å². The molecule has 2 aromatic rings. The minimum Gasteiger partial charge on any atom is -0.349 e. The second-order valence-corrected chi connectivity index (χ2v) is 6.82. The van der Waals surface area contributed by atoms with Crippen LogP contribution in [0.2, 0.25) is 0 Å². The Labute approximate surface area is 158 Å². The molecule has 0 aliphatic heterocycles. The fraction of sp³-hybridized carbons (Fsp3) is 0.318. The van der Waals surface area contributed by atoms with E-state index in [4.69, 9.17) is 0 Å². The first-order valence-electron chi connectivity index (χ1n) is 8.93. The Morgan fingerprint density at radius 1 is 1.07 bits per heavy atom. The number of nitrogens with one attached hydrogen (secondary N) is 1. The fourth-order valence-corrected chi connectivity index (χ4v) is 2.87. The molecule has 0 unspecified atom stereocenters. The Bertz CT molecular complexity index is 818. The quantitative estimate of drug-likeness (QED) is 0.738. The summed E-state index contributed by atoms with van der Waals surface area (Å²) in [4.78, 5) is 36.1. The van der Waals surface area contributed by atoms with Crippen molar-refractivity contribution in [1.29, 1.82) is 0 Å². The molecule has 1 N–H and O–H groups in total. The van der Waals surface area contributed by atoms with Gasteiger partial charge >= 0.3 is 0 Å². The van der Waals surface area contributed by atoms with Crippen LogP contribution in [0.3, 0.4) is 0 Å². The summed E-state index contributed by atoms with van der Waals surface area (Å²) in [6, 6.07) is 14.1. The number of halogens is 1. The summed E-state index contributed by atoms with van der Waals surface area (Å²) < 4.78 is 14.0. The second kappa shape index (κ2) is 9.76. The first-order valence-corrected chi connectivity index (χ1v) is 8.93. The zero-order chi connectivity index (χ0) is 19.8. The Morgan fingerprint density at radius 3 is 2.41 bits per heavy atom. The van der Waals surface area contributed by atoms with E-state index >= 15 is 0 Å². The number of Topliss-reactive ketones (excluding diaryl/α,β-unsaturated/α-hetero) is 2. The molecule has 4 nitrogen and oxygen atoms in total. The predicted octanol–water partition coefficient (Wildman–Crippen LogP) is 3.20. The van der Waals surface area contributed by atoms with Gasteiger partial charge in [-0.2, -0.15) is 0 Å². The molecular formula is C22H24FNO3. The maximum atomic E-state index is 14.0. The lowest BCUT2D eigenvalue weighted by Crippen LogP contribution is -2.36. The van der Waals surface area contributed by atoms with Crippen molar-refractivity contribution in [2.75, 3.05) is 6.54 Å². The van der Waals surface area contributed by atoms with E-state index in [1.165, 1.54) is 13.0 Å². The topological polar surface area (TPSA) is 63.2 Å². The van der Waals surface area contributed by atoms with E-state index in [1.54, 1.807) is 19.1 Å². The molecule has 0 fully saturated rings. The van der Waals surface area contributed by atoms with E-state index in [1.807, 2.05) is 30.3 Å². The molecule has 1 amide bonds. The predicted molar refractivity (Wildman–Crippen MR) is 102 cm³/mol. The van der Waals surface area contributed by atoms with Crippen LogP contribution in [0.25, 0.3) is 0 Å². The van der Waals surface area contributed by atoms with E-state index < -0.39 is 11.7 Å². The lowest BCUT2D eigenvalue weighted by Gasteiger charge is -2.16. The minimum absolute atomic E-state index is 0.00799. The number of hydrogen-bond acceptors (Lipinski definition) is 3. The summed E-state index contributed by atoms with van der Waals surface area (Å²) in [7, 11) is 0. The van der Waals surface area contributed by atoms with Crippen molar-refractivity contribution in [3.63, 3.8) is 0 Å². The average Bonchev–Trinajstić information content (AvgIpc) is 2.62. The molecule has 0 bridgehead atoms. The molecule has 2 rings (SSSR count). The van der Waals surface area contributed by atoms with Crippen molar-refractivity contribution >= 4 is 17.5 Å². The van der Waals surface area contributed by atoms with Gasteiger partial charge in [-0.15, -0.1) is 0 Å². The normalized spacial score (nSPS) is 11.7. The number of carbonyl (C=O) groups is 3. The first-order chi connectivity index (χ1) is 12.8. The average molecular weight is 369 g/mol. The molecule has 2 aromatic carbocycles. The van der Waals surface area contributed by atoms with Crippen molar-refractivity contribution in [2.45, 2.75) is 33.1 Å². The molecule has 0 radical (unpaired) electrons. The maximum Gasteiger partial charge on any atom is 0.224 e. The number of benzene rings is 2. The second-order valence-electron chi connectivity index (χ2n) is 6.82. The molecular weight excluding hydrogens is 345 g/mol. The summed E-state index contributed by atoms with van der Waals surface area (Å²) in [5.74, 6) is -1.73. The highest BCUT2D eigenvalue weighted by molar-refractivity contribution is 5.90. The van der Waals surface area contributed by atoms with Crippen LogP contribution in [0.4, 0.5) is 4.39 Å². The Balaban J connectivity index is 2.08. The molecule has 0 saturated carbocycles. The molecule has 0 saturated heterocycles. The summed E-state index contributed by atoms with van der Waals surface area (Å²) in [6.07, 6.45) is 0.316. The summed E-state index contributed by atoms with van der Waals surface area (Å²) in [6.45, 7) is 3.10. The molecule has 0 aliphatic rings. The molecule has 0 spiro atoms. The monoisotopic (exact) mass is 369 g/mol. The van der Waals surface area contributed by atoms with E-state index in [-0.39, 0.29) is 36.9 Å². The molecule has 1 atom stereocenters. The van der Waals surface area contributed by atoms with Gasteiger partial charge in [0.25, 0.3) is 0 Å². The number of ketones is 2. The van der Waals surface area contributed by atoms with E-state index in [9.17, 15) is 18.8 Å². The number of carbonyl (C=O) groups excluding carboxylic acids is 3. The van der Waals surface area contributed by atoms with Gasteiger partial charge in [0.1, 0.15) is 17.4 Å². The van der Waals surface area contributed by atoms with Crippen LogP contribution >= 0.6 is 0 Å². The lowest BCUT2D eigenvalue weighted by molar-refractivity contribution is -0.130. The van der Waals surface area contributed by atoms with Crippen LogP contribution in [0.5, 0.6) is 0 Å². The Morgan fingerprint density at radius 2 is 1.78 bits per heavy atom. The molecule has 0 aliphatic carbocycles. The van der Waals surface area contributed by atoms with E-state index in [2.05, 4.69) is 5.32 Å². The Hall–Kier alpha value is -2.82. The smallest absolute Gasteiger partial charge is 0.224 e. The third-order valence-corrected chi connectivity index (χ3v) is 4.28. The summed E-state index contributed by atoms with van der Waals surface area (Å²) in [5, 5.41) is 2.58. The van der Waals surface area contributed by atoms with Gasteiger partial charge in [0.15, 0.2) is 0 Å². The SMILES string of the molecule is CC(=O)CNC(=O)[C@@H](CC(=O)Cc1ccc(C)cc1F)Cc1ccccc1. The van der Waals surface area contributed by atoms with Crippen LogP contribution in [0.1, 0.15) is 30.0 Å². The van der Waals surface area contributed by atoms with Gasteiger partial charge in [-0.1, -0.05) is 42.5 Å². The third-order valence-electron chi connectivity index (χ3n) is 4.28. The van der Waals surface area contributed by atoms with Crippen LogP contribution < -0.4 is 5.32 Å². The van der Waals surface area contributed by atoms with Gasteiger partial charge in [-0.05, 0) is 43.0 Å². The van der Waals surface area contributed by atoms with Crippen LogP contribution in [0.15, 0.2) is 48.5 Å². The number of hydrogen-bond donors (Lipinski definition) is 1. The van der Waals surface area contributed by atoms with E-state index in [0.717, 1.165) is 11.1 Å². The molecule has 5 heteroatoms. The van der Waals surface area contributed by atoms with Crippen LogP contribution in [-0.2, 0) is 27.2 Å². The van der Waals surface area contributed by atoms with E-state index in [0.29, 0.717) is 12.0 Å². The van der Waals surface area contributed by atoms with Crippen molar-refractivity contribution in [3.8, 4) is 0 Å². The standard InChI is InChI=1S/C22H24FNO3/c1-15-8-9-18(21(23)10-15)12-20(26)13-19(22(27)24-14-16(2)25)11-17-6-4-3-5-7-17/h3-10,19H,11-14H2,1-2H3,(H,24,27)/t19-/m1/s1. The van der Waals surface area contributed by atoms with Crippen molar-refractivity contribution in [1.82, 2.24) is 5.32 Å². The van der Waals surface area contributed by atoms with Crippen molar-refractivity contribution < 1.29 is 18.8 Å². The number of aryl methyl sites for hydroxylation is 1. The Kier molecular flexibility index (Phi) is 7.41.